The molecule has 1 aromatic rings. The molecule has 2 fully saturated rings. The summed E-state index contributed by atoms with van der Waals surface area (Å²) >= 11 is 0.948. The molecule has 0 aliphatic carbocycles. The number of imide groups is 1. The maximum atomic E-state index is 12.6. The zero-order valence-electron chi connectivity index (χ0n) is 14.2. The summed E-state index contributed by atoms with van der Waals surface area (Å²) < 4.78 is 15.8. The Hall–Kier alpha value is -2.03. The molecule has 25 heavy (non-hydrogen) atoms. The third kappa shape index (κ3) is 3.97. The maximum absolute atomic E-state index is 12.6. The fourth-order valence-corrected chi connectivity index (χ4v) is 3.47. The highest BCUT2D eigenvalue weighted by Gasteiger charge is 2.36. The molecular weight excluding hydrogens is 344 g/mol. The van der Waals surface area contributed by atoms with Crippen LogP contribution < -0.4 is 9.47 Å². The number of thioether (sulfide) groups is 1. The Labute approximate surface area is 150 Å². The first-order valence-corrected chi connectivity index (χ1v) is 8.71. The van der Waals surface area contributed by atoms with Crippen molar-refractivity contribution >= 4 is 29.0 Å². The summed E-state index contributed by atoms with van der Waals surface area (Å²) in [5, 5.41) is -0.254. The van der Waals surface area contributed by atoms with Crippen molar-refractivity contribution in [2.45, 2.75) is 0 Å². The third-order valence-electron chi connectivity index (χ3n) is 4.05. The molecule has 134 valence electrons. The normalized spacial score (nSPS) is 20.4. The van der Waals surface area contributed by atoms with Crippen molar-refractivity contribution in [3.63, 3.8) is 0 Å². The minimum Gasteiger partial charge on any atom is -0.497 e. The van der Waals surface area contributed by atoms with Crippen molar-refractivity contribution in [2.75, 3.05) is 47.2 Å². The van der Waals surface area contributed by atoms with Gasteiger partial charge in [-0.2, -0.15) is 0 Å². The average molecular weight is 364 g/mol. The molecular formula is C17H20N2O5S. The highest BCUT2D eigenvalue weighted by molar-refractivity contribution is 8.18. The van der Waals surface area contributed by atoms with Crippen molar-refractivity contribution in [1.29, 1.82) is 0 Å². The van der Waals surface area contributed by atoms with Gasteiger partial charge in [-0.3, -0.25) is 19.4 Å². The fraction of sp³-hybridized carbons (Fsp3) is 0.412. The Morgan fingerprint density at radius 3 is 2.64 bits per heavy atom. The second-order valence-electron chi connectivity index (χ2n) is 5.59. The van der Waals surface area contributed by atoms with E-state index in [9.17, 15) is 9.59 Å². The lowest BCUT2D eigenvalue weighted by molar-refractivity contribution is -0.125. The van der Waals surface area contributed by atoms with Crippen LogP contribution in [0.1, 0.15) is 5.56 Å². The van der Waals surface area contributed by atoms with Crippen molar-refractivity contribution in [1.82, 2.24) is 9.80 Å². The number of hydrogen-bond acceptors (Lipinski definition) is 7. The quantitative estimate of drug-likeness (QED) is 0.741. The number of morpholine rings is 1. The molecule has 0 aromatic heterocycles. The van der Waals surface area contributed by atoms with Gasteiger partial charge >= 0.3 is 0 Å². The number of amides is 2. The highest BCUT2D eigenvalue weighted by atomic mass is 32.2. The van der Waals surface area contributed by atoms with Crippen LogP contribution in [0.5, 0.6) is 11.5 Å². The van der Waals surface area contributed by atoms with Crippen molar-refractivity contribution in [2.24, 2.45) is 0 Å². The third-order valence-corrected chi connectivity index (χ3v) is 4.95. The van der Waals surface area contributed by atoms with E-state index in [1.165, 1.54) is 4.90 Å². The molecule has 1 aromatic carbocycles. The summed E-state index contributed by atoms with van der Waals surface area (Å²) in [6.07, 6.45) is 1.68. The molecule has 7 nitrogen and oxygen atoms in total. The van der Waals surface area contributed by atoms with Gasteiger partial charge < -0.3 is 14.2 Å². The van der Waals surface area contributed by atoms with E-state index in [-0.39, 0.29) is 11.1 Å². The lowest BCUT2D eigenvalue weighted by Gasteiger charge is -2.29. The summed E-state index contributed by atoms with van der Waals surface area (Å²) in [4.78, 5) is 28.5. The van der Waals surface area contributed by atoms with E-state index in [1.54, 1.807) is 38.5 Å². The van der Waals surface area contributed by atoms with Crippen LogP contribution in [0.3, 0.4) is 0 Å². The Morgan fingerprint density at radius 2 is 1.96 bits per heavy atom. The number of methoxy groups -OCH3 is 2. The zero-order chi connectivity index (χ0) is 17.8. The second-order valence-corrected chi connectivity index (χ2v) is 6.58. The number of carbonyl (C=O) groups excluding carboxylic acids is 2. The molecule has 2 aliphatic rings. The Kier molecular flexibility index (Phi) is 5.62. The smallest absolute Gasteiger partial charge is 0.294 e. The van der Waals surface area contributed by atoms with Crippen LogP contribution in [0.4, 0.5) is 4.79 Å². The van der Waals surface area contributed by atoms with Crippen LogP contribution in [-0.4, -0.2) is 68.1 Å². The van der Waals surface area contributed by atoms with Crippen LogP contribution in [0.15, 0.2) is 23.1 Å². The molecule has 0 unspecified atom stereocenters. The number of hydrogen-bond donors (Lipinski definition) is 0. The first kappa shape index (κ1) is 17.8. The van der Waals surface area contributed by atoms with Gasteiger partial charge in [-0.25, -0.2) is 0 Å². The molecule has 3 rings (SSSR count). The molecule has 2 aliphatic heterocycles. The number of carbonyl (C=O) groups is 2. The van der Waals surface area contributed by atoms with Gasteiger partial charge in [0, 0.05) is 24.7 Å². The second kappa shape index (κ2) is 7.90. The number of nitrogens with zero attached hydrogens (tertiary/aromatic N) is 2. The Morgan fingerprint density at radius 1 is 1.20 bits per heavy atom. The summed E-state index contributed by atoms with van der Waals surface area (Å²) in [6.45, 7) is 2.97. The van der Waals surface area contributed by atoms with Gasteiger partial charge in [-0.05, 0) is 30.0 Å². The van der Waals surface area contributed by atoms with Crippen molar-refractivity contribution in [3.05, 3.63) is 28.7 Å². The molecule has 8 heteroatoms. The van der Waals surface area contributed by atoms with Crippen LogP contribution in [0.25, 0.3) is 6.08 Å². The lowest BCUT2D eigenvalue weighted by Crippen LogP contribution is -2.45. The Balaban J connectivity index is 1.78. The van der Waals surface area contributed by atoms with E-state index in [0.717, 1.165) is 17.3 Å². The van der Waals surface area contributed by atoms with Gasteiger partial charge in [-0.1, -0.05) is 0 Å². The fourth-order valence-electron chi connectivity index (χ4n) is 2.64. The predicted molar refractivity (Wildman–Crippen MR) is 94.6 cm³/mol. The van der Waals surface area contributed by atoms with Gasteiger partial charge in [-0.15, -0.1) is 0 Å². The van der Waals surface area contributed by atoms with Gasteiger partial charge in [0.25, 0.3) is 11.1 Å². The van der Waals surface area contributed by atoms with Crippen LogP contribution in [0, 0.1) is 0 Å². The molecule has 0 spiro atoms. The zero-order valence-corrected chi connectivity index (χ0v) is 15.0. The number of rotatable bonds is 5. The summed E-state index contributed by atoms with van der Waals surface area (Å²) in [6, 6.07) is 5.32. The molecule has 2 saturated heterocycles. The van der Waals surface area contributed by atoms with Gasteiger partial charge in [0.15, 0.2) is 0 Å². The van der Waals surface area contributed by atoms with Gasteiger partial charge in [0.2, 0.25) is 0 Å². The van der Waals surface area contributed by atoms with E-state index in [2.05, 4.69) is 0 Å². The summed E-state index contributed by atoms with van der Waals surface area (Å²) in [5.74, 6) is 0.966. The minimum atomic E-state index is -0.278. The van der Waals surface area contributed by atoms with E-state index in [1.807, 2.05) is 4.90 Å². The first-order chi connectivity index (χ1) is 12.1. The van der Waals surface area contributed by atoms with E-state index >= 15 is 0 Å². The summed E-state index contributed by atoms with van der Waals surface area (Å²) in [5.41, 5.74) is 0.722. The summed E-state index contributed by atoms with van der Waals surface area (Å²) in [7, 11) is 3.13. The molecule has 0 atom stereocenters. The first-order valence-electron chi connectivity index (χ1n) is 7.90. The Bertz CT molecular complexity index is 700. The van der Waals surface area contributed by atoms with Crippen molar-refractivity contribution in [3.8, 4) is 11.5 Å². The van der Waals surface area contributed by atoms with Crippen LogP contribution in [0.2, 0.25) is 0 Å². The molecule has 0 N–H and O–H groups in total. The molecule has 0 saturated carbocycles. The SMILES string of the molecule is COc1ccc(/C=C2/SC(=O)N(CN3CCOCC3)C2=O)c(OC)c1. The topological polar surface area (TPSA) is 68.3 Å². The highest BCUT2D eigenvalue weighted by Crippen LogP contribution is 2.35. The largest absolute Gasteiger partial charge is 0.497 e. The number of ether oxygens (including phenoxy) is 3. The molecule has 0 bridgehead atoms. The van der Waals surface area contributed by atoms with E-state index in [4.69, 9.17) is 14.2 Å². The standard InChI is InChI=1S/C17H20N2O5S/c1-22-13-4-3-12(14(10-13)23-2)9-15-16(20)19(17(21)25-15)11-18-5-7-24-8-6-18/h3-4,9-10H,5-8,11H2,1-2H3/b15-9+. The number of benzene rings is 1. The lowest BCUT2D eigenvalue weighted by atomic mass is 10.1. The monoisotopic (exact) mass is 364 g/mol. The maximum Gasteiger partial charge on any atom is 0.294 e. The van der Waals surface area contributed by atoms with Gasteiger partial charge in [0.1, 0.15) is 11.5 Å². The molecule has 0 radical (unpaired) electrons. The van der Waals surface area contributed by atoms with Crippen LogP contribution >= 0.6 is 11.8 Å². The molecule has 2 heterocycles. The average Bonchev–Trinajstić information content (AvgIpc) is 2.90. The van der Waals surface area contributed by atoms with E-state index in [0.29, 0.717) is 49.4 Å². The van der Waals surface area contributed by atoms with Gasteiger partial charge in [0.05, 0.1) is 39.0 Å². The van der Waals surface area contributed by atoms with Crippen LogP contribution in [-0.2, 0) is 9.53 Å². The predicted octanol–water partition coefficient (Wildman–Crippen LogP) is 2.03. The van der Waals surface area contributed by atoms with E-state index < -0.39 is 0 Å². The molecule has 2 amide bonds. The van der Waals surface area contributed by atoms with Crippen molar-refractivity contribution < 1.29 is 23.8 Å². The minimum absolute atomic E-state index is 0.254.